The van der Waals surface area contributed by atoms with Crippen LogP contribution in [0.5, 0.6) is 0 Å². The molecular weight excluding hydrogens is 280 g/mol. The number of hydrogen-bond acceptors (Lipinski definition) is 3. The highest BCUT2D eigenvalue weighted by Crippen LogP contribution is 2.04. The molecule has 1 rings (SSSR count). The summed E-state index contributed by atoms with van der Waals surface area (Å²) in [5.41, 5.74) is 1.61. The molecule has 0 fully saturated rings. The van der Waals surface area contributed by atoms with Gasteiger partial charge >= 0.3 is 0 Å². The Kier molecular flexibility index (Phi) is 8.02. The Morgan fingerprint density at radius 1 is 1.43 bits per heavy atom. The van der Waals surface area contributed by atoms with E-state index in [1.54, 1.807) is 18.2 Å². The van der Waals surface area contributed by atoms with Crippen LogP contribution >= 0.6 is 0 Å². The number of halogens is 2. The van der Waals surface area contributed by atoms with Crippen molar-refractivity contribution in [2.45, 2.75) is 19.4 Å². The van der Waals surface area contributed by atoms with Gasteiger partial charge in [0, 0.05) is 18.5 Å². The largest absolute Gasteiger partial charge is 0.384 e. The zero-order valence-electron chi connectivity index (χ0n) is 11.4. The monoisotopic (exact) mass is 297 g/mol. The first kappa shape index (κ1) is 17.1. The summed E-state index contributed by atoms with van der Waals surface area (Å²) in [5.74, 6) is 5.04. The lowest BCUT2D eigenvalue weighted by Gasteiger charge is -2.06. The number of nitrogens with one attached hydrogen (secondary N) is 1. The third-order valence-electron chi connectivity index (χ3n) is 2.45. The van der Waals surface area contributed by atoms with E-state index in [0.29, 0.717) is 6.54 Å². The Labute approximate surface area is 122 Å². The molecule has 0 aliphatic heterocycles. The number of rotatable bonds is 7. The van der Waals surface area contributed by atoms with Crippen LogP contribution in [0.15, 0.2) is 24.3 Å². The molecule has 0 unspecified atom stereocenters. The summed E-state index contributed by atoms with van der Waals surface area (Å²) in [5, 5.41) is 11.3. The molecule has 0 atom stereocenters. The highest BCUT2D eigenvalue weighted by atomic mass is 19.3. The van der Waals surface area contributed by atoms with E-state index in [2.05, 4.69) is 21.9 Å². The van der Waals surface area contributed by atoms with Crippen molar-refractivity contribution >= 4 is 5.91 Å². The van der Waals surface area contributed by atoms with Crippen LogP contribution in [0.2, 0.25) is 0 Å². The van der Waals surface area contributed by atoms with Gasteiger partial charge in [-0.25, -0.2) is 8.78 Å². The van der Waals surface area contributed by atoms with Crippen molar-refractivity contribution < 1.29 is 23.4 Å². The lowest BCUT2D eigenvalue weighted by Crippen LogP contribution is -2.24. The van der Waals surface area contributed by atoms with Crippen LogP contribution in [-0.2, 0) is 16.1 Å². The number of carbonyl (C=O) groups excluding carboxylic acids is 1. The highest BCUT2D eigenvalue weighted by Gasteiger charge is 2.05. The van der Waals surface area contributed by atoms with E-state index in [9.17, 15) is 13.6 Å². The normalized spacial score (nSPS) is 10.1. The molecule has 2 N–H and O–H groups in total. The van der Waals surface area contributed by atoms with Crippen molar-refractivity contribution in [3.8, 4) is 11.8 Å². The number of carbonyl (C=O) groups is 1. The minimum atomic E-state index is -2.52. The molecule has 4 nitrogen and oxygen atoms in total. The first-order valence-corrected chi connectivity index (χ1v) is 6.43. The molecule has 0 aliphatic rings. The first-order chi connectivity index (χ1) is 10.1. The second-order valence-electron chi connectivity index (χ2n) is 4.15. The van der Waals surface area contributed by atoms with Gasteiger partial charge in [0.1, 0.15) is 13.2 Å². The molecule has 1 amide bonds. The van der Waals surface area contributed by atoms with Gasteiger partial charge in [-0.1, -0.05) is 24.0 Å². The van der Waals surface area contributed by atoms with Crippen LogP contribution in [0.25, 0.3) is 0 Å². The number of aliphatic hydroxyl groups is 1. The average Bonchev–Trinajstić information content (AvgIpc) is 2.47. The number of amides is 1. The fourth-order valence-electron chi connectivity index (χ4n) is 1.53. The zero-order chi connectivity index (χ0) is 15.5. The molecule has 6 heteroatoms. The van der Waals surface area contributed by atoms with Crippen LogP contribution in [0.3, 0.4) is 0 Å². The van der Waals surface area contributed by atoms with Gasteiger partial charge in [0.25, 0.3) is 6.43 Å². The summed E-state index contributed by atoms with van der Waals surface area (Å²) in [7, 11) is 0. The summed E-state index contributed by atoms with van der Waals surface area (Å²) in [6.45, 7) is -0.570. The maximum atomic E-state index is 11.8. The van der Waals surface area contributed by atoms with Crippen molar-refractivity contribution in [1.82, 2.24) is 5.32 Å². The summed E-state index contributed by atoms with van der Waals surface area (Å²) < 4.78 is 28.2. The molecular formula is C15H17F2NO3. The van der Waals surface area contributed by atoms with Gasteiger partial charge in [-0.2, -0.15) is 0 Å². The van der Waals surface area contributed by atoms with E-state index in [1.807, 2.05) is 6.07 Å². The molecule has 0 saturated carbocycles. The van der Waals surface area contributed by atoms with Crippen molar-refractivity contribution in [1.29, 1.82) is 0 Å². The van der Waals surface area contributed by atoms with E-state index < -0.39 is 13.0 Å². The molecule has 0 heterocycles. The Morgan fingerprint density at radius 2 is 2.24 bits per heavy atom. The average molecular weight is 297 g/mol. The smallest absolute Gasteiger partial charge is 0.261 e. The molecule has 114 valence electrons. The number of hydrogen-bond donors (Lipinski definition) is 2. The third kappa shape index (κ3) is 8.02. The van der Waals surface area contributed by atoms with Crippen LogP contribution in [-0.4, -0.2) is 37.3 Å². The topological polar surface area (TPSA) is 58.6 Å². The molecule has 0 spiro atoms. The first-order valence-electron chi connectivity index (χ1n) is 6.43. The lowest BCUT2D eigenvalue weighted by molar-refractivity contribution is -0.122. The quantitative estimate of drug-likeness (QED) is 0.589. The van der Waals surface area contributed by atoms with Crippen molar-refractivity contribution in [2.75, 3.05) is 19.8 Å². The van der Waals surface area contributed by atoms with Crippen LogP contribution in [0.4, 0.5) is 8.78 Å². The molecule has 0 aromatic heterocycles. The van der Waals surface area contributed by atoms with E-state index in [0.717, 1.165) is 11.1 Å². The van der Waals surface area contributed by atoms with Crippen LogP contribution < -0.4 is 5.32 Å². The maximum absolute atomic E-state index is 11.8. The van der Waals surface area contributed by atoms with E-state index in [4.69, 9.17) is 5.11 Å². The van der Waals surface area contributed by atoms with Gasteiger partial charge in [-0.15, -0.1) is 0 Å². The Morgan fingerprint density at radius 3 is 2.95 bits per heavy atom. The second-order valence-corrected chi connectivity index (χ2v) is 4.15. The predicted octanol–water partition coefficient (Wildman–Crippen LogP) is 1.32. The van der Waals surface area contributed by atoms with Crippen molar-refractivity contribution in [3.63, 3.8) is 0 Å². The fourth-order valence-corrected chi connectivity index (χ4v) is 1.53. The van der Waals surface area contributed by atoms with Crippen LogP contribution in [0, 0.1) is 11.8 Å². The minimum absolute atomic E-state index is 0.0296. The van der Waals surface area contributed by atoms with Crippen LogP contribution in [0.1, 0.15) is 17.5 Å². The summed E-state index contributed by atoms with van der Waals surface area (Å²) >= 11 is 0. The van der Waals surface area contributed by atoms with E-state index >= 15 is 0 Å². The van der Waals surface area contributed by atoms with Gasteiger partial charge < -0.3 is 15.2 Å². The minimum Gasteiger partial charge on any atom is -0.384 e. The lowest BCUT2D eigenvalue weighted by atomic mass is 10.1. The fraction of sp³-hybridized carbons (Fsp3) is 0.400. The van der Waals surface area contributed by atoms with Gasteiger partial charge in [0.05, 0.1) is 6.61 Å². The van der Waals surface area contributed by atoms with E-state index in [1.165, 1.54) is 0 Å². The van der Waals surface area contributed by atoms with E-state index in [-0.39, 0.29) is 25.5 Å². The number of aliphatic hydroxyl groups excluding tert-OH is 1. The van der Waals surface area contributed by atoms with Gasteiger partial charge in [-0.3, -0.25) is 4.79 Å². The predicted molar refractivity (Wildman–Crippen MR) is 73.7 cm³/mol. The molecule has 0 bridgehead atoms. The molecule has 0 aliphatic carbocycles. The van der Waals surface area contributed by atoms with Crippen molar-refractivity contribution in [3.05, 3.63) is 35.4 Å². The Hall–Kier alpha value is -1.97. The number of alkyl halides is 2. The maximum Gasteiger partial charge on any atom is 0.261 e. The van der Waals surface area contributed by atoms with Gasteiger partial charge in [-0.05, 0) is 17.7 Å². The standard InChI is InChI=1S/C15H17F2NO3/c16-14(17)11-21-8-6-15(20)18-10-13-4-1-3-12(9-13)5-2-7-19/h1,3-4,9,14,19H,6-8,10-11H2,(H,18,20). The second kappa shape index (κ2) is 9.86. The van der Waals surface area contributed by atoms with Crippen molar-refractivity contribution in [2.24, 2.45) is 0 Å². The number of ether oxygens (including phenoxy) is 1. The summed E-state index contributed by atoms with van der Waals surface area (Å²) in [4.78, 5) is 11.5. The molecule has 1 aromatic rings. The highest BCUT2D eigenvalue weighted by molar-refractivity contribution is 5.75. The van der Waals surface area contributed by atoms with Gasteiger partial charge in [0.2, 0.25) is 5.91 Å². The SMILES string of the molecule is O=C(CCOCC(F)F)NCc1cccc(C#CCO)c1. The summed E-state index contributed by atoms with van der Waals surface area (Å²) in [6, 6.07) is 7.23. The summed E-state index contributed by atoms with van der Waals surface area (Å²) in [6.07, 6.45) is -2.48. The number of benzene rings is 1. The Bertz CT molecular complexity index is 509. The molecule has 0 saturated heterocycles. The Balaban J connectivity index is 2.32. The third-order valence-corrected chi connectivity index (χ3v) is 2.45. The van der Waals surface area contributed by atoms with Gasteiger partial charge in [0.15, 0.2) is 0 Å². The molecule has 0 radical (unpaired) electrons. The molecule has 1 aromatic carbocycles. The molecule has 21 heavy (non-hydrogen) atoms. The zero-order valence-corrected chi connectivity index (χ0v) is 11.4.